The molecule has 1 N–H and O–H groups in total. The molecule has 0 atom stereocenters. The molecule has 6 nitrogen and oxygen atoms in total. The summed E-state index contributed by atoms with van der Waals surface area (Å²) in [6.45, 7) is 1.48. The van der Waals surface area contributed by atoms with Crippen molar-refractivity contribution in [2.45, 2.75) is 6.92 Å². The van der Waals surface area contributed by atoms with E-state index in [2.05, 4.69) is 5.32 Å². The molecule has 0 aliphatic carbocycles. The van der Waals surface area contributed by atoms with Gasteiger partial charge in [-0.1, -0.05) is 47.5 Å². The van der Waals surface area contributed by atoms with E-state index in [4.69, 9.17) is 39.8 Å². The van der Waals surface area contributed by atoms with E-state index in [1.807, 2.05) is 0 Å². The largest absolute Gasteiger partial charge is 0.457 e. The van der Waals surface area contributed by atoms with Crippen molar-refractivity contribution in [1.29, 1.82) is 0 Å². The van der Waals surface area contributed by atoms with Gasteiger partial charge in [0, 0.05) is 11.1 Å². The number of Topliss-reactive ketones (excluding diaryl/α,β-unsaturated/α-hetero) is 1. The maximum Gasteiger partial charge on any atom is 0.270 e. The van der Waals surface area contributed by atoms with Crippen LogP contribution in [0.25, 0.3) is 17.4 Å². The van der Waals surface area contributed by atoms with Crippen LogP contribution in [0.3, 0.4) is 0 Å². The van der Waals surface area contributed by atoms with Crippen molar-refractivity contribution >= 4 is 69.9 Å². The minimum absolute atomic E-state index is 0.0686. The molecule has 160 valence electrons. The minimum Gasteiger partial charge on any atom is -0.457 e. The van der Waals surface area contributed by atoms with Crippen molar-refractivity contribution in [2.24, 2.45) is 0 Å². The van der Waals surface area contributed by atoms with Gasteiger partial charge in [0.25, 0.3) is 11.8 Å². The highest BCUT2D eigenvalue weighted by Gasteiger charge is 2.36. The third kappa shape index (κ3) is 4.10. The molecule has 0 bridgehead atoms. The summed E-state index contributed by atoms with van der Waals surface area (Å²) in [4.78, 5) is 38.4. The number of benzene rings is 2. The lowest BCUT2D eigenvalue weighted by Gasteiger charge is -2.29. The Morgan fingerprint density at radius 1 is 1.09 bits per heavy atom. The number of nitrogens with zero attached hydrogens (tertiary/aromatic N) is 1. The molecule has 1 aromatic heterocycles. The van der Waals surface area contributed by atoms with Gasteiger partial charge in [0.2, 0.25) is 0 Å². The third-order valence-corrected chi connectivity index (χ3v) is 5.83. The van der Waals surface area contributed by atoms with Gasteiger partial charge in [-0.05, 0) is 55.5 Å². The highest BCUT2D eigenvalue weighted by atomic mass is 35.5. The van der Waals surface area contributed by atoms with E-state index in [0.717, 1.165) is 4.90 Å². The van der Waals surface area contributed by atoms with Gasteiger partial charge < -0.3 is 4.42 Å². The molecule has 9 heteroatoms. The maximum atomic E-state index is 13.1. The SMILES string of the molecule is CC(=O)c1cccc(-c2ccc(/C=C3\C(=O)NC(=S)N(c4cccc(Cl)c4Cl)C3=O)o2)c1. The molecule has 32 heavy (non-hydrogen) atoms. The number of thiocarbonyl (C=S) groups is 1. The molecule has 3 aromatic rings. The lowest BCUT2D eigenvalue weighted by molar-refractivity contribution is -0.122. The number of anilines is 1. The van der Waals surface area contributed by atoms with Gasteiger partial charge in [0.1, 0.15) is 17.1 Å². The summed E-state index contributed by atoms with van der Waals surface area (Å²) in [6.07, 6.45) is 1.32. The first-order valence-corrected chi connectivity index (χ1v) is 10.5. The van der Waals surface area contributed by atoms with E-state index in [1.54, 1.807) is 54.6 Å². The monoisotopic (exact) mass is 484 g/mol. The third-order valence-electron chi connectivity index (χ3n) is 4.74. The topological polar surface area (TPSA) is 79.6 Å². The number of hydrogen-bond donors (Lipinski definition) is 1. The lowest BCUT2D eigenvalue weighted by atomic mass is 10.1. The van der Waals surface area contributed by atoms with Crippen molar-refractivity contribution in [3.8, 4) is 11.3 Å². The number of nitrogens with one attached hydrogen (secondary N) is 1. The smallest absolute Gasteiger partial charge is 0.270 e. The fraction of sp³-hybridized carbons (Fsp3) is 0.0435. The van der Waals surface area contributed by atoms with E-state index >= 15 is 0 Å². The molecule has 1 fully saturated rings. The zero-order valence-corrected chi connectivity index (χ0v) is 18.8. The van der Waals surface area contributed by atoms with Crippen molar-refractivity contribution in [3.05, 3.63) is 81.5 Å². The Morgan fingerprint density at radius 3 is 2.59 bits per heavy atom. The predicted octanol–water partition coefficient (Wildman–Crippen LogP) is 5.29. The first kappa shape index (κ1) is 22.0. The van der Waals surface area contributed by atoms with Gasteiger partial charge in [-0.2, -0.15) is 0 Å². The van der Waals surface area contributed by atoms with Gasteiger partial charge in [0.15, 0.2) is 10.9 Å². The second-order valence-electron chi connectivity index (χ2n) is 6.87. The Balaban J connectivity index is 1.69. The molecule has 0 saturated carbocycles. The summed E-state index contributed by atoms with van der Waals surface area (Å²) in [5.74, 6) is -0.642. The summed E-state index contributed by atoms with van der Waals surface area (Å²) in [7, 11) is 0. The molecule has 0 radical (unpaired) electrons. The first-order valence-electron chi connectivity index (χ1n) is 9.33. The van der Waals surface area contributed by atoms with E-state index < -0.39 is 11.8 Å². The number of hydrogen-bond acceptors (Lipinski definition) is 5. The average molecular weight is 485 g/mol. The highest BCUT2D eigenvalue weighted by molar-refractivity contribution is 7.80. The number of rotatable bonds is 4. The average Bonchev–Trinajstić information content (AvgIpc) is 3.23. The normalized spacial score (nSPS) is 15.3. The number of carbonyl (C=O) groups is 3. The number of furan rings is 1. The van der Waals surface area contributed by atoms with Gasteiger partial charge in [-0.15, -0.1) is 0 Å². The van der Waals surface area contributed by atoms with Crippen LogP contribution in [0.4, 0.5) is 5.69 Å². The fourth-order valence-corrected chi connectivity index (χ4v) is 3.81. The van der Waals surface area contributed by atoms with Crippen LogP contribution in [0, 0.1) is 0 Å². The van der Waals surface area contributed by atoms with Crippen LogP contribution in [0.5, 0.6) is 0 Å². The molecular formula is C23H14Cl2N2O4S. The molecule has 2 amide bonds. The number of ketones is 1. The van der Waals surface area contributed by atoms with Crippen LogP contribution >= 0.6 is 35.4 Å². The van der Waals surface area contributed by atoms with Crippen molar-refractivity contribution < 1.29 is 18.8 Å². The zero-order valence-electron chi connectivity index (χ0n) is 16.5. The summed E-state index contributed by atoms with van der Waals surface area (Å²) in [6, 6.07) is 15.0. The second-order valence-corrected chi connectivity index (χ2v) is 8.04. The molecule has 1 aliphatic rings. The summed E-state index contributed by atoms with van der Waals surface area (Å²) in [5.41, 5.74) is 1.30. The molecular weight excluding hydrogens is 471 g/mol. The molecule has 0 spiro atoms. The van der Waals surface area contributed by atoms with Gasteiger partial charge >= 0.3 is 0 Å². The fourth-order valence-electron chi connectivity index (χ4n) is 3.16. The van der Waals surface area contributed by atoms with E-state index in [9.17, 15) is 14.4 Å². The number of amides is 2. The van der Waals surface area contributed by atoms with Crippen LogP contribution in [0.2, 0.25) is 10.0 Å². The van der Waals surface area contributed by atoms with Crippen molar-refractivity contribution in [3.63, 3.8) is 0 Å². The zero-order chi connectivity index (χ0) is 23.0. The van der Waals surface area contributed by atoms with Crippen LogP contribution in [0.15, 0.2) is 64.6 Å². The molecule has 1 aliphatic heterocycles. The van der Waals surface area contributed by atoms with Crippen LogP contribution < -0.4 is 10.2 Å². The summed E-state index contributed by atoms with van der Waals surface area (Å²) in [5, 5.41) is 2.75. The van der Waals surface area contributed by atoms with Gasteiger partial charge in [0.05, 0.1) is 15.7 Å². The Kier molecular flexibility index (Phi) is 5.97. The Hall–Kier alpha value is -3.26. The Morgan fingerprint density at radius 2 is 1.84 bits per heavy atom. The second kappa shape index (κ2) is 8.70. The lowest BCUT2D eigenvalue weighted by Crippen LogP contribution is -2.54. The van der Waals surface area contributed by atoms with Crippen molar-refractivity contribution in [1.82, 2.24) is 5.32 Å². The summed E-state index contributed by atoms with van der Waals surface area (Å²) >= 11 is 17.5. The van der Waals surface area contributed by atoms with Crippen LogP contribution in [0.1, 0.15) is 23.0 Å². The quantitative estimate of drug-likeness (QED) is 0.235. The van der Waals surface area contributed by atoms with Crippen molar-refractivity contribution in [2.75, 3.05) is 4.90 Å². The molecule has 4 rings (SSSR count). The van der Waals surface area contributed by atoms with E-state index in [1.165, 1.54) is 13.0 Å². The van der Waals surface area contributed by atoms with Gasteiger partial charge in [-0.3, -0.25) is 24.6 Å². The minimum atomic E-state index is -0.667. The standard InChI is InChI=1S/C23H14Cl2N2O4S/c1-12(28)13-4-2-5-14(10-13)19-9-8-15(31-19)11-16-21(29)26-23(32)27(22(16)30)18-7-3-6-17(24)20(18)25/h2-11H,1H3,(H,26,29,32)/b16-11+. The van der Waals surface area contributed by atoms with Gasteiger partial charge in [-0.25, -0.2) is 0 Å². The van der Waals surface area contributed by atoms with Crippen LogP contribution in [-0.4, -0.2) is 22.7 Å². The summed E-state index contributed by atoms with van der Waals surface area (Å²) < 4.78 is 5.80. The number of halogens is 2. The van der Waals surface area contributed by atoms with E-state index in [0.29, 0.717) is 16.9 Å². The molecule has 2 aromatic carbocycles. The molecule has 0 unspecified atom stereocenters. The van der Waals surface area contributed by atoms with Crippen LogP contribution in [-0.2, 0) is 9.59 Å². The predicted molar refractivity (Wildman–Crippen MR) is 127 cm³/mol. The van der Waals surface area contributed by atoms with E-state index in [-0.39, 0.29) is 38.0 Å². The Labute approximate surface area is 198 Å². The molecule has 2 heterocycles. The maximum absolute atomic E-state index is 13.1. The first-order chi connectivity index (χ1) is 15.3. The highest BCUT2D eigenvalue weighted by Crippen LogP contribution is 2.34. The number of carbonyl (C=O) groups excluding carboxylic acids is 3. The molecule has 1 saturated heterocycles. The Bertz CT molecular complexity index is 1330.